The van der Waals surface area contributed by atoms with Gasteiger partial charge in [-0.1, -0.05) is 43.5 Å². The van der Waals surface area contributed by atoms with Crippen molar-refractivity contribution in [2.24, 2.45) is 11.8 Å². The van der Waals surface area contributed by atoms with E-state index in [1.165, 1.54) is 19.3 Å². The fourth-order valence-corrected chi connectivity index (χ4v) is 5.23. The second-order valence-electron chi connectivity index (χ2n) is 10.2. The number of benzene rings is 3. The summed E-state index contributed by atoms with van der Waals surface area (Å²) in [6, 6.07) is 7.85. The van der Waals surface area contributed by atoms with Crippen LogP contribution in [-0.2, 0) is 10.8 Å². The smallest absolute Gasteiger partial charge is 0.429 e. The molecule has 3 nitrogen and oxygen atoms in total. The average Bonchev–Trinajstić information content (AvgIpc) is 2.84. The van der Waals surface area contributed by atoms with Gasteiger partial charge in [0.1, 0.15) is 22.9 Å². The Morgan fingerprint density at radius 3 is 1.76 bits per heavy atom. The molecule has 2 unspecified atom stereocenters. The molecule has 2 atom stereocenters. The molecule has 0 spiro atoms. The number of hydrogen-bond acceptors (Lipinski definition) is 3. The molecule has 0 amide bonds. The zero-order valence-electron chi connectivity index (χ0n) is 21.2. The number of alkyl halides is 5. The molecular weight excluding hydrogens is 567 g/mol. The highest BCUT2D eigenvalue weighted by Crippen LogP contribution is 2.42. The van der Waals surface area contributed by atoms with Crippen LogP contribution in [0.2, 0.25) is 0 Å². The molecule has 1 heterocycles. The summed E-state index contributed by atoms with van der Waals surface area (Å²) in [5, 5.41) is 0. The van der Waals surface area contributed by atoms with Crippen molar-refractivity contribution in [2.75, 3.05) is 6.61 Å². The van der Waals surface area contributed by atoms with E-state index >= 15 is 0 Å². The summed E-state index contributed by atoms with van der Waals surface area (Å²) in [4.78, 5) is 0. The molecule has 0 aromatic heterocycles. The van der Waals surface area contributed by atoms with E-state index in [0.717, 1.165) is 24.3 Å². The number of hydrogen-bond donors (Lipinski definition) is 0. The second-order valence-corrected chi connectivity index (χ2v) is 10.2. The maximum Gasteiger partial charge on any atom is 0.573 e. The van der Waals surface area contributed by atoms with E-state index in [9.17, 15) is 39.5 Å². The summed E-state index contributed by atoms with van der Waals surface area (Å²) >= 11 is 0. The minimum absolute atomic E-state index is 0.0344. The molecule has 1 saturated carbocycles. The zero-order valence-corrected chi connectivity index (χ0v) is 21.2. The molecule has 3 aromatic rings. The van der Waals surface area contributed by atoms with Gasteiger partial charge in [-0.25, -0.2) is 17.6 Å². The molecule has 0 radical (unpaired) electrons. The maximum absolute atomic E-state index is 14.8. The van der Waals surface area contributed by atoms with Crippen LogP contribution < -0.4 is 9.47 Å². The minimum Gasteiger partial charge on any atom is -0.429 e. The normalized spacial score (nSPS) is 20.0. The van der Waals surface area contributed by atoms with E-state index in [0.29, 0.717) is 30.2 Å². The Bertz CT molecular complexity index is 1350. The highest BCUT2D eigenvalue weighted by Gasteiger charge is 2.42. The molecule has 0 N–H and O–H groups in total. The van der Waals surface area contributed by atoms with Gasteiger partial charge in [-0.05, 0) is 53.5 Å². The lowest BCUT2D eigenvalue weighted by molar-refractivity contribution is -0.276. The van der Waals surface area contributed by atoms with E-state index in [1.54, 1.807) is 24.3 Å². The third-order valence-electron chi connectivity index (χ3n) is 7.51. The van der Waals surface area contributed by atoms with Crippen LogP contribution in [0.1, 0.15) is 49.3 Å². The van der Waals surface area contributed by atoms with Gasteiger partial charge < -0.3 is 14.2 Å². The molecule has 0 bridgehead atoms. The molecular formula is C29H23F9O3. The number of ether oxygens (including phenoxy) is 3. The largest absolute Gasteiger partial charge is 0.573 e. The van der Waals surface area contributed by atoms with Crippen molar-refractivity contribution in [1.29, 1.82) is 0 Å². The lowest BCUT2D eigenvalue weighted by Gasteiger charge is -2.38. The third kappa shape index (κ3) is 6.42. The van der Waals surface area contributed by atoms with Gasteiger partial charge in [0.15, 0.2) is 11.6 Å². The number of rotatable bonds is 7. The van der Waals surface area contributed by atoms with Gasteiger partial charge in [-0.3, -0.25) is 0 Å². The Morgan fingerprint density at radius 1 is 0.659 bits per heavy atom. The molecule has 1 saturated heterocycles. The Balaban J connectivity index is 1.30. The van der Waals surface area contributed by atoms with E-state index in [1.807, 2.05) is 0 Å². The van der Waals surface area contributed by atoms with Crippen LogP contribution >= 0.6 is 0 Å². The highest BCUT2D eigenvalue weighted by molar-refractivity contribution is 5.64. The summed E-state index contributed by atoms with van der Waals surface area (Å²) in [6.45, 7) is 0.677. The minimum atomic E-state index is -5.47. The van der Waals surface area contributed by atoms with Crippen LogP contribution in [0.3, 0.4) is 0 Å². The Kier molecular flexibility index (Phi) is 7.88. The summed E-state index contributed by atoms with van der Waals surface area (Å²) in [7, 11) is 0. The van der Waals surface area contributed by atoms with Crippen molar-refractivity contribution in [3.8, 4) is 22.6 Å². The van der Waals surface area contributed by atoms with Crippen LogP contribution in [-0.4, -0.2) is 13.0 Å². The Morgan fingerprint density at radius 2 is 1.27 bits per heavy atom. The molecule has 1 aliphatic carbocycles. The van der Waals surface area contributed by atoms with Gasteiger partial charge in [-0.2, -0.15) is 8.78 Å². The lowest BCUT2D eigenvalue weighted by Crippen LogP contribution is -2.30. The van der Waals surface area contributed by atoms with Crippen LogP contribution in [0.4, 0.5) is 39.5 Å². The van der Waals surface area contributed by atoms with Crippen molar-refractivity contribution >= 4 is 0 Å². The van der Waals surface area contributed by atoms with Crippen LogP contribution in [0.25, 0.3) is 11.1 Å². The van der Waals surface area contributed by atoms with Crippen molar-refractivity contribution in [1.82, 2.24) is 0 Å². The summed E-state index contributed by atoms with van der Waals surface area (Å²) in [5.74, 6) is -9.43. The summed E-state index contributed by atoms with van der Waals surface area (Å²) < 4.78 is 137. The second kappa shape index (κ2) is 11.1. The predicted molar refractivity (Wildman–Crippen MR) is 128 cm³/mol. The first-order valence-corrected chi connectivity index (χ1v) is 12.8. The molecule has 5 rings (SSSR count). The van der Waals surface area contributed by atoms with Gasteiger partial charge in [-0.15, -0.1) is 13.2 Å². The molecule has 220 valence electrons. The standard InChI is InChI=1S/C29H23F9O3/c30-21-10-19(16-4-6-17(7-5-16)25-9-8-18(14-39-25)15-2-1-3-15)11-22(31)26(21)28(34,35)40-20-12-23(32)27(24(33)13-20)41-29(36,37)38/h4-7,10-13,15,18,25H,1-3,8-9,14H2. The van der Waals surface area contributed by atoms with E-state index < -0.39 is 52.8 Å². The lowest BCUT2D eigenvalue weighted by atomic mass is 9.73. The van der Waals surface area contributed by atoms with Crippen LogP contribution in [0, 0.1) is 35.1 Å². The van der Waals surface area contributed by atoms with Crippen molar-refractivity contribution in [3.63, 3.8) is 0 Å². The predicted octanol–water partition coefficient (Wildman–Crippen LogP) is 9.20. The van der Waals surface area contributed by atoms with Crippen LogP contribution in [0.5, 0.6) is 11.5 Å². The zero-order chi connectivity index (χ0) is 29.5. The van der Waals surface area contributed by atoms with E-state index in [-0.39, 0.29) is 23.8 Å². The molecule has 1 aliphatic heterocycles. The molecule has 3 aromatic carbocycles. The van der Waals surface area contributed by atoms with E-state index in [4.69, 9.17) is 4.74 Å². The van der Waals surface area contributed by atoms with Crippen molar-refractivity contribution < 1.29 is 53.7 Å². The molecule has 2 fully saturated rings. The molecule has 12 heteroatoms. The van der Waals surface area contributed by atoms with Gasteiger partial charge in [0.05, 0.1) is 12.7 Å². The summed E-state index contributed by atoms with van der Waals surface area (Å²) in [6.07, 6.45) is -4.74. The monoisotopic (exact) mass is 590 g/mol. The Labute approximate surface area is 228 Å². The maximum atomic E-state index is 14.8. The molecule has 2 aliphatic rings. The average molecular weight is 590 g/mol. The molecule has 41 heavy (non-hydrogen) atoms. The Hall–Kier alpha value is -3.41. The number of halogens is 9. The van der Waals surface area contributed by atoms with E-state index in [2.05, 4.69) is 9.47 Å². The first-order valence-electron chi connectivity index (χ1n) is 12.8. The topological polar surface area (TPSA) is 27.7 Å². The first-order chi connectivity index (χ1) is 19.3. The SMILES string of the molecule is Fc1cc(OC(F)(F)c2c(F)cc(-c3ccc(C4CCC(C5CCC5)CO4)cc3)cc2F)cc(F)c1OC(F)(F)F. The van der Waals surface area contributed by atoms with Crippen LogP contribution in [0.15, 0.2) is 48.5 Å². The first kappa shape index (κ1) is 29.1. The fourth-order valence-electron chi connectivity index (χ4n) is 5.23. The quantitative estimate of drug-likeness (QED) is 0.257. The van der Waals surface area contributed by atoms with Crippen molar-refractivity contribution in [3.05, 3.63) is 82.9 Å². The van der Waals surface area contributed by atoms with Gasteiger partial charge in [0.2, 0.25) is 5.75 Å². The van der Waals surface area contributed by atoms with Gasteiger partial charge in [0.25, 0.3) is 0 Å². The third-order valence-corrected chi connectivity index (χ3v) is 7.51. The van der Waals surface area contributed by atoms with Gasteiger partial charge in [0, 0.05) is 12.1 Å². The summed E-state index contributed by atoms with van der Waals surface area (Å²) in [5.41, 5.74) is -0.711. The highest BCUT2D eigenvalue weighted by atomic mass is 19.4. The fraction of sp³-hybridized carbons (Fsp3) is 0.379. The van der Waals surface area contributed by atoms with Crippen molar-refractivity contribution in [2.45, 2.75) is 50.7 Å². The van der Waals surface area contributed by atoms with Gasteiger partial charge >= 0.3 is 12.5 Å².